The van der Waals surface area contributed by atoms with Crippen LogP contribution in [0.2, 0.25) is 0 Å². The highest BCUT2D eigenvalue weighted by Gasteiger charge is 2.42. The van der Waals surface area contributed by atoms with Crippen LogP contribution in [-0.2, 0) is 14.8 Å². The van der Waals surface area contributed by atoms with Gasteiger partial charge in [0.1, 0.15) is 5.69 Å². The lowest BCUT2D eigenvalue weighted by Gasteiger charge is -2.26. The highest BCUT2D eigenvalue weighted by Crippen LogP contribution is 2.39. The molecule has 1 aliphatic carbocycles. The molecule has 1 saturated carbocycles. The number of likely N-dealkylation sites (tertiary alicyclic amines) is 1. The zero-order chi connectivity index (χ0) is 28.5. The number of amides is 1. The standard InChI is InChI=1S/C27H33N7O5S2/c1-2-39-24-14-28-12-21(31-24)23-13-30-26(40-23)25(35)32-22(15-34-9-6-27(16-34)7-10-38-17-27)20-11-18(5-8-29-20)33-41(36,37)19-3-4-19/h5,8,11-14,19,22H,2-4,6-7,9-10,15-17H2,1H3,(H,29,33)(H,32,35)/t22-,27-/m1/s1. The minimum absolute atomic E-state index is 0.158. The third-order valence-electron chi connectivity index (χ3n) is 7.67. The van der Waals surface area contributed by atoms with Crippen molar-refractivity contribution < 1.29 is 22.7 Å². The first kappa shape index (κ1) is 27.9. The second-order valence-electron chi connectivity index (χ2n) is 10.8. The van der Waals surface area contributed by atoms with Gasteiger partial charge in [0.05, 0.1) is 53.2 Å². The number of rotatable bonds is 11. The second-order valence-corrected chi connectivity index (χ2v) is 13.8. The molecule has 2 saturated heterocycles. The Morgan fingerprint density at radius 3 is 2.93 bits per heavy atom. The van der Waals surface area contributed by atoms with Crippen molar-refractivity contribution in [1.82, 2.24) is 30.2 Å². The van der Waals surface area contributed by atoms with Gasteiger partial charge in [-0.15, -0.1) is 11.3 Å². The molecule has 0 aromatic carbocycles. The average molecular weight is 600 g/mol. The minimum atomic E-state index is -3.43. The Kier molecular flexibility index (Phi) is 7.90. The van der Waals surface area contributed by atoms with E-state index in [1.165, 1.54) is 17.5 Å². The lowest BCUT2D eigenvalue weighted by Crippen LogP contribution is -2.38. The van der Waals surface area contributed by atoms with Gasteiger partial charge in [0, 0.05) is 37.5 Å². The van der Waals surface area contributed by atoms with Crippen LogP contribution >= 0.6 is 11.3 Å². The zero-order valence-corrected chi connectivity index (χ0v) is 24.4. The number of carbonyl (C=O) groups excluding carboxylic acids is 1. The van der Waals surface area contributed by atoms with E-state index in [2.05, 4.69) is 34.9 Å². The second kappa shape index (κ2) is 11.6. The molecule has 3 aromatic heterocycles. The number of carbonyl (C=O) groups is 1. The van der Waals surface area contributed by atoms with Gasteiger partial charge in [0.2, 0.25) is 15.9 Å². The van der Waals surface area contributed by atoms with Crippen LogP contribution in [0, 0.1) is 5.41 Å². The molecule has 3 aliphatic rings. The lowest BCUT2D eigenvalue weighted by molar-refractivity contribution is 0.0922. The third-order valence-corrected chi connectivity index (χ3v) is 10.6. The first-order valence-electron chi connectivity index (χ1n) is 13.8. The number of hydrogen-bond donors (Lipinski definition) is 2. The largest absolute Gasteiger partial charge is 0.477 e. The number of anilines is 1. The quantitative estimate of drug-likeness (QED) is 0.337. The Morgan fingerprint density at radius 2 is 2.15 bits per heavy atom. The lowest BCUT2D eigenvalue weighted by atomic mass is 9.87. The predicted octanol–water partition coefficient (Wildman–Crippen LogP) is 2.88. The molecule has 6 rings (SSSR count). The van der Waals surface area contributed by atoms with Crippen LogP contribution < -0.4 is 14.8 Å². The summed E-state index contributed by atoms with van der Waals surface area (Å²) in [6.45, 7) is 6.17. The maximum atomic E-state index is 13.5. The summed E-state index contributed by atoms with van der Waals surface area (Å²) in [6.07, 6.45) is 9.73. The van der Waals surface area contributed by atoms with Gasteiger partial charge in [0.15, 0.2) is 5.01 Å². The molecule has 3 fully saturated rings. The van der Waals surface area contributed by atoms with Gasteiger partial charge < -0.3 is 19.7 Å². The number of nitrogens with zero attached hydrogens (tertiary/aromatic N) is 5. The van der Waals surface area contributed by atoms with E-state index in [1.807, 2.05) is 6.92 Å². The van der Waals surface area contributed by atoms with Crippen molar-refractivity contribution >= 4 is 33.0 Å². The number of nitrogens with one attached hydrogen (secondary N) is 2. The Hall–Kier alpha value is -3.20. The van der Waals surface area contributed by atoms with Gasteiger partial charge in [-0.25, -0.2) is 18.4 Å². The Bertz CT molecular complexity index is 1500. The van der Waals surface area contributed by atoms with Crippen LogP contribution in [-0.4, -0.2) is 83.9 Å². The SMILES string of the molecule is CCOc1cncc(-c2cnc(C(=O)N[C@H](CN3CC[C@@]4(CCOC4)C3)c3cc(NS(=O)(=O)C4CC4)ccn3)s2)n1. The number of hydrogen-bond acceptors (Lipinski definition) is 11. The van der Waals surface area contributed by atoms with E-state index in [4.69, 9.17) is 9.47 Å². The van der Waals surface area contributed by atoms with Crippen LogP contribution in [0.4, 0.5) is 5.69 Å². The molecule has 0 unspecified atom stereocenters. The summed E-state index contributed by atoms with van der Waals surface area (Å²) >= 11 is 1.21. The molecule has 12 nitrogen and oxygen atoms in total. The number of pyridine rings is 1. The monoisotopic (exact) mass is 599 g/mol. The van der Waals surface area contributed by atoms with Gasteiger partial charge >= 0.3 is 0 Å². The topological polar surface area (TPSA) is 149 Å². The van der Waals surface area contributed by atoms with Gasteiger partial charge in [-0.2, -0.15) is 0 Å². The molecule has 2 N–H and O–H groups in total. The summed E-state index contributed by atoms with van der Waals surface area (Å²) in [5.41, 5.74) is 1.74. The van der Waals surface area contributed by atoms with Crippen molar-refractivity contribution in [2.24, 2.45) is 5.41 Å². The van der Waals surface area contributed by atoms with Crippen molar-refractivity contribution in [3.05, 3.63) is 47.6 Å². The molecule has 0 bridgehead atoms. The van der Waals surface area contributed by atoms with Crippen LogP contribution in [0.25, 0.3) is 10.6 Å². The van der Waals surface area contributed by atoms with E-state index < -0.39 is 16.1 Å². The molecule has 1 amide bonds. The molecular weight excluding hydrogens is 566 g/mol. The maximum absolute atomic E-state index is 13.5. The fourth-order valence-corrected chi connectivity index (χ4v) is 7.51. The summed E-state index contributed by atoms with van der Waals surface area (Å²) in [6, 6.07) is 2.85. The molecular formula is C27H33N7O5S2. The van der Waals surface area contributed by atoms with Gasteiger partial charge in [-0.05, 0) is 51.3 Å². The molecule has 2 aliphatic heterocycles. The molecule has 0 radical (unpaired) electrons. The van der Waals surface area contributed by atoms with E-state index >= 15 is 0 Å². The van der Waals surface area contributed by atoms with Crippen molar-refractivity contribution in [1.29, 1.82) is 0 Å². The summed E-state index contributed by atoms with van der Waals surface area (Å²) in [7, 11) is -3.43. The number of thiazole rings is 1. The first-order chi connectivity index (χ1) is 19.8. The first-order valence-corrected chi connectivity index (χ1v) is 16.2. The molecule has 218 valence electrons. The van der Waals surface area contributed by atoms with E-state index in [0.717, 1.165) is 39.1 Å². The summed E-state index contributed by atoms with van der Waals surface area (Å²) < 4.78 is 38.9. The zero-order valence-electron chi connectivity index (χ0n) is 22.8. The maximum Gasteiger partial charge on any atom is 0.280 e. The highest BCUT2D eigenvalue weighted by atomic mass is 32.2. The predicted molar refractivity (Wildman–Crippen MR) is 153 cm³/mol. The molecule has 41 heavy (non-hydrogen) atoms. The van der Waals surface area contributed by atoms with Gasteiger partial charge in [0.25, 0.3) is 5.91 Å². The smallest absolute Gasteiger partial charge is 0.280 e. The summed E-state index contributed by atoms with van der Waals surface area (Å²) in [5.74, 6) is 0.0628. The Labute approximate surface area is 243 Å². The number of aromatic nitrogens is 4. The molecule has 5 heterocycles. The van der Waals surface area contributed by atoms with Gasteiger partial charge in [-0.3, -0.25) is 19.5 Å². The summed E-state index contributed by atoms with van der Waals surface area (Å²) in [4.78, 5) is 34.0. The summed E-state index contributed by atoms with van der Waals surface area (Å²) in [5, 5.41) is 3.05. The Balaban J connectivity index is 1.22. The normalized spacial score (nSPS) is 21.7. The van der Waals surface area contributed by atoms with Gasteiger partial charge in [-0.1, -0.05) is 0 Å². The van der Waals surface area contributed by atoms with Crippen molar-refractivity contribution in [2.75, 3.05) is 44.2 Å². The van der Waals surface area contributed by atoms with Crippen LogP contribution in [0.15, 0.2) is 36.9 Å². The van der Waals surface area contributed by atoms with Crippen molar-refractivity contribution in [3.63, 3.8) is 0 Å². The van der Waals surface area contributed by atoms with E-state index in [9.17, 15) is 13.2 Å². The Morgan fingerprint density at radius 1 is 1.27 bits per heavy atom. The minimum Gasteiger partial charge on any atom is -0.477 e. The van der Waals surface area contributed by atoms with Crippen molar-refractivity contribution in [2.45, 2.75) is 43.9 Å². The molecule has 14 heteroatoms. The van der Waals surface area contributed by atoms with E-state index in [-0.39, 0.29) is 21.6 Å². The van der Waals surface area contributed by atoms with Crippen LogP contribution in [0.5, 0.6) is 5.88 Å². The van der Waals surface area contributed by atoms with Crippen molar-refractivity contribution in [3.8, 4) is 16.5 Å². The molecule has 3 aromatic rings. The third kappa shape index (κ3) is 6.50. The fraction of sp³-hybridized carbons (Fsp3) is 0.519. The molecule has 1 spiro atoms. The van der Waals surface area contributed by atoms with E-state index in [0.29, 0.717) is 53.8 Å². The number of ether oxygens (including phenoxy) is 2. The molecule has 2 atom stereocenters. The number of sulfonamides is 1. The van der Waals surface area contributed by atoms with Crippen LogP contribution in [0.3, 0.4) is 0 Å². The average Bonchev–Trinajstić information content (AvgIpc) is 3.36. The highest BCUT2D eigenvalue weighted by molar-refractivity contribution is 7.93. The fourth-order valence-electron chi connectivity index (χ4n) is 5.36. The van der Waals surface area contributed by atoms with E-state index in [1.54, 1.807) is 30.7 Å². The van der Waals surface area contributed by atoms with Crippen LogP contribution in [0.1, 0.15) is 54.1 Å².